The molecule has 4 saturated carbocycles. The molecule has 4 fully saturated rings. The average Bonchev–Trinajstić information content (AvgIpc) is 3.11. The van der Waals surface area contributed by atoms with Crippen molar-refractivity contribution >= 4 is 16.5 Å². The van der Waals surface area contributed by atoms with Crippen molar-refractivity contribution in [1.29, 1.82) is 0 Å². The van der Waals surface area contributed by atoms with Crippen LogP contribution in [0, 0.1) is 24.3 Å². The number of fused-ring (bicyclic) bond motifs is 1. The van der Waals surface area contributed by atoms with E-state index in [0.29, 0.717) is 28.6 Å². The van der Waals surface area contributed by atoms with E-state index in [1.54, 1.807) is 24.8 Å². The van der Waals surface area contributed by atoms with Crippen LogP contribution in [0.4, 0.5) is 5.69 Å². The summed E-state index contributed by atoms with van der Waals surface area (Å²) in [5.41, 5.74) is 7.23. The molecular weight excluding hydrogens is 564 g/mol. The first kappa shape index (κ1) is 27.1. The minimum atomic E-state index is 0.360. The maximum Gasteiger partial charge on any atom is 0.188 e. The van der Waals surface area contributed by atoms with Gasteiger partial charge in [0.15, 0.2) is 23.2 Å². The quantitative estimate of drug-likeness (QED) is 0.185. The van der Waals surface area contributed by atoms with Gasteiger partial charge in [-0.2, -0.15) is 0 Å². The summed E-state index contributed by atoms with van der Waals surface area (Å²) in [6.07, 6.45) is 15.4. The lowest BCUT2D eigenvalue weighted by Gasteiger charge is -2.57. The highest BCUT2D eigenvalue weighted by Crippen LogP contribution is 2.60. The van der Waals surface area contributed by atoms with Crippen LogP contribution in [0.3, 0.4) is 0 Å². The van der Waals surface area contributed by atoms with Crippen molar-refractivity contribution in [3.8, 4) is 45.3 Å². The molecule has 3 aromatic heterocycles. The molecule has 4 aliphatic carbocycles. The standard InChI is InChI=1S/C40H32N6/c1-41-32-20-35(28-5-7-31(8-6-28)40-22-25-17-26(23-40)19-27(18-25)24-40)33-3-2-4-34(36(33)21-32)39-45-37(29-9-13-42-14-10-29)44-38(46-39)30-11-15-43-16-12-30/h2-16,20-21,25-27H,17-19,22-24H2. The molecule has 0 saturated heterocycles. The minimum Gasteiger partial charge on any atom is -0.265 e. The molecule has 46 heavy (non-hydrogen) atoms. The molecule has 0 amide bonds. The fraction of sp³-hybridized carbons (Fsp3) is 0.250. The van der Waals surface area contributed by atoms with Crippen LogP contribution in [-0.4, -0.2) is 24.9 Å². The van der Waals surface area contributed by atoms with Gasteiger partial charge in [-0.15, -0.1) is 0 Å². The van der Waals surface area contributed by atoms with Crippen LogP contribution >= 0.6 is 0 Å². The van der Waals surface area contributed by atoms with E-state index in [1.807, 2.05) is 42.5 Å². The van der Waals surface area contributed by atoms with Crippen LogP contribution < -0.4 is 0 Å². The number of nitrogens with zero attached hydrogens (tertiary/aromatic N) is 6. The Morgan fingerprint density at radius 3 is 1.70 bits per heavy atom. The van der Waals surface area contributed by atoms with Crippen LogP contribution in [0.1, 0.15) is 44.1 Å². The van der Waals surface area contributed by atoms with E-state index in [0.717, 1.165) is 56.3 Å². The van der Waals surface area contributed by atoms with Crippen molar-refractivity contribution < 1.29 is 0 Å². The predicted molar refractivity (Wildman–Crippen MR) is 181 cm³/mol. The predicted octanol–water partition coefficient (Wildman–Crippen LogP) is 9.50. The molecule has 222 valence electrons. The molecule has 10 rings (SSSR count). The van der Waals surface area contributed by atoms with Crippen molar-refractivity contribution in [3.63, 3.8) is 0 Å². The first-order chi connectivity index (χ1) is 22.6. The second-order valence-corrected chi connectivity index (χ2v) is 13.6. The number of benzene rings is 3. The fourth-order valence-corrected chi connectivity index (χ4v) is 9.09. The molecule has 0 unspecified atom stereocenters. The van der Waals surface area contributed by atoms with Gasteiger partial charge in [0, 0.05) is 41.5 Å². The van der Waals surface area contributed by atoms with E-state index in [4.69, 9.17) is 21.5 Å². The van der Waals surface area contributed by atoms with Crippen LogP contribution in [-0.2, 0) is 5.41 Å². The smallest absolute Gasteiger partial charge is 0.188 e. The zero-order chi connectivity index (χ0) is 30.7. The third kappa shape index (κ3) is 4.58. The number of hydrogen-bond donors (Lipinski definition) is 0. The summed E-state index contributed by atoms with van der Waals surface area (Å²) in [5.74, 6) is 4.44. The Balaban J connectivity index is 1.17. The van der Waals surface area contributed by atoms with Crippen molar-refractivity contribution in [2.45, 2.75) is 43.9 Å². The van der Waals surface area contributed by atoms with Gasteiger partial charge in [0.1, 0.15) is 0 Å². The summed E-state index contributed by atoms with van der Waals surface area (Å²) in [6, 6.07) is 27.2. The Kier molecular flexibility index (Phi) is 6.28. The first-order valence-corrected chi connectivity index (χ1v) is 16.3. The molecular formula is C40H32N6. The zero-order valence-corrected chi connectivity index (χ0v) is 25.5. The molecule has 0 radical (unpaired) electrons. The molecule has 6 nitrogen and oxygen atoms in total. The van der Waals surface area contributed by atoms with Gasteiger partial charge in [-0.05, 0) is 126 Å². The van der Waals surface area contributed by atoms with Crippen LogP contribution in [0.2, 0.25) is 0 Å². The number of aromatic nitrogens is 5. The van der Waals surface area contributed by atoms with Gasteiger partial charge in [0.25, 0.3) is 0 Å². The Labute approximate surface area is 268 Å². The first-order valence-electron chi connectivity index (χ1n) is 16.3. The highest BCUT2D eigenvalue weighted by molar-refractivity contribution is 6.06. The van der Waals surface area contributed by atoms with Crippen molar-refractivity contribution in [1.82, 2.24) is 24.9 Å². The molecule has 6 heteroatoms. The van der Waals surface area contributed by atoms with Crippen LogP contribution in [0.25, 0.3) is 60.9 Å². The Hall–Kier alpha value is -5.28. The SMILES string of the molecule is [C-]#[N+]c1cc(-c2ccc(C34CC5CC(CC(C5)C3)C4)cc2)c2cccc(-c3nc(-c4ccncc4)nc(-c4ccncc4)n3)c2c1. The average molecular weight is 597 g/mol. The lowest BCUT2D eigenvalue weighted by Crippen LogP contribution is -2.48. The van der Waals surface area contributed by atoms with Crippen molar-refractivity contribution in [2.75, 3.05) is 0 Å². The van der Waals surface area contributed by atoms with E-state index >= 15 is 0 Å². The molecule has 4 aliphatic rings. The van der Waals surface area contributed by atoms with Crippen LogP contribution in [0.15, 0.2) is 104 Å². The third-order valence-corrected chi connectivity index (χ3v) is 10.7. The maximum absolute atomic E-state index is 7.98. The molecule has 0 spiro atoms. The Morgan fingerprint density at radius 1 is 0.565 bits per heavy atom. The van der Waals surface area contributed by atoms with E-state index < -0.39 is 0 Å². The normalized spacial score (nSPS) is 23.0. The number of rotatable bonds is 5. The Morgan fingerprint density at radius 2 is 1.13 bits per heavy atom. The molecule has 4 bridgehead atoms. The lowest BCUT2D eigenvalue weighted by molar-refractivity contribution is -0.00518. The van der Waals surface area contributed by atoms with Crippen LogP contribution in [0.5, 0.6) is 0 Å². The summed E-state index contributed by atoms with van der Waals surface area (Å²) in [5, 5.41) is 2.02. The second kappa shape index (κ2) is 10.7. The van der Waals surface area contributed by atoms with Gasteiger partial charge in [-0.25, -0.2) is 19.8 Å². The Bertz CT molecular complexity index is 2040. The van der Waals surface area contributed by atoms with E-state index in [-0.39, 0.29) is 0 Å². The summed E-state index contributed by atoms with van der Waals surface area (Å²) >= 11 is 0. The minimum absolute atomic E-state index is 0.360. The number of pyridine rings is 2. The van der Waals surface area contributed by atoms with E-state index in [9.17, 15) is 0 Å². The second-order valence-electron chi connectivity index (χ2n) is 13.6. The van der Waals surface area contributed by atoms with Gasteiger partial charge < -0.3 is 0 Å². The molecule has 0 aliphatic heterocycles. The summed E-state index contributed by atoms with van der Waals surface area (Å²) in [6.45, 7) is 7.98. The summed E-state index contributed by atoms with van der Waals surface area (Å²) < 4.78 is 0. The molecule has 0 atom stereocenters. The number of hydrogen-bond acceptors (Lipinski definition) is 5. The molecule has 3 heterocycles. The molecule has 3 aromatic carbocycles. The molecule has 0 N–H and O–H groups in total. The van der Waals surface area contributed by atoms with Gasteiger partial charge in [-0.3, -0.25) is 9.97 Å². The van der Waals surface area contributed by atoms with E-state index in [2.05, 4.69) is 51.2 Å². The largest absolute Gasteiger partial charge is 0.265 e. The summed E-state index contributed by atoms with van der Waals surface area (Å²) in [7, 11) is 0. The monoisotopic (exact) mass is 596 g/mol. The fourth-order valence-electron chi connectivity index (χ4n) is 9.09. The summed E-state index contributed by atoms with van der Waals surface area (Å²) in [4.78, 5) is 27.0. The zero-order valence-electron chi connectivity index (χ0n) is 25.5. The topological polar surface area (TPSA) is 68.8 Å². The van der Waals surface area contributed by atoms with Gasteiger partial charge in [-0.1, -0.05) is 42.5 Å². The lowest BCUT2D eigenvalue weighted by atomic mass is 9.48. The van der Waals surface area contributed by atoms with Gasteiger partial charge in [0.05, 0.1) is 6.57 Å². The highest BCUT2D eigenvalue weighted by atomic mass is 15.0. The van der Waals surface area contributed by atoms with Gasteiger partial charge in [0.2, 0.25) is 0 Å². The van der Waals surface area contributed by atoms with Crippen molar-refractivity contribution in [2.24, 2.45) is 17.8 Å². The maximum atomic E-state index is 7.98. The third-order valence-electron chi connectivity index (χ3n) is 10.7. The highest BCUT2D eigenvalue weighted by Gasteiger charge is 2.51. The molecule has 6 aromatic rings. The van der Waals surface area contributed by atoms with Crippen molar-refractivity contribution in [3.05, 3.63) is 121 Å². The van der Waals surface area contributed by atoms with E-state index in [1.165, 1.54) is 44.1 Å². The van der Waals surface area contributed by atoms with Gasteiger partial charge >= 0.3 is 0 Å².